The lowest BCUT2D eigenvalue weighted by atomic mass is 10.1. The molecule has 0 aliphatic rings. The Bertz CT molecular complexity index is 781. The molecule has 1 heterocycles. The maximum atomic E-state index is 5.76. The average Bonchev–Trinajstić information content (AvgIpc) is 2.96. The van der Waals surface area contributed by atoms with E-state index in [0.29, 0.717) is 23.2 Å². The fourth-order valence-electron chi connectivity index (χ4n) is 2.20. The molecule has 2 aromatic carbocycles. The predicted octanol–water partition coefficient (Wildman–Crippen LogP) is 3.30. The zero-order valence-electron chi connectivity index (χ0n) is 11.8. The van der Waals surface area contributed by atoms with Crippen LogP contribution < -0.4 is 10.5 Å². The van der Waals surface area contributed by atoms with Crippen LogP contribution in [0.5, 0.6) is 5.75 Å². The summed E-state index contributed by atoms with van der Waals surface area (Å²) in [6.45, 7) is 1.96. The van der Waals surface area contributed by atoms with Crippen molar-refractivity contribution in [1.82, 2.24) is 10.1 Å². The van der Waals surface area contributed by atoms with Crippen LogP contribution in [0.2, 0.25) is 0 Å². The maximum absolute atomic E-state index is 5.76. The first-order valence-electron chi connectivity index (χ1n) is 6.52. The molecule has 0 unspecified atom stereocenters. The number of benzene rings is 2. The molecule has 2 N–H and O–H groups in total. The number of nitrogens with two attached hydrogens (primary N) is 1. The van der Waals surface area contributed by atoms with Gasteiger partial charge in [-0.25, -0.2) is 0 Å². The number of aromatic nitrogens is 2. The Hall–Kier alpha value is -2.82. The Balaban J connectivity index is 2.04. The van der Waals surface area contributed by atoms with Gasteiger partial charge in [0, 0.05) is 11.3 Å². The number of anilines is 1. The van der Waals surface area contributed by atoms with Crippen molar-refractivity contribution in [3.05, 3.63) is 48.0 Å². The number of methoxy groups -OCH3 is 1. The van der Waals surface area contributed by atoms with E-state index in [1.165, 1.54) is 0 Å². The van der Waals surface area contributed by atoms with E-state index in [-0.39, 0.29) is 0 Å². The van der Waals surface area contributed by atoms with Crippen molar-refractivity contribution in [2.45, 2.75) is 6.92 Å². The third-order valence-electron chi connectivity index (χ3n) is 3.25. The second-order valence-electron chi connectivity index (χ2n) is 4.70. The van der Waals surface area contributed by atoms with Crippen LogP contribution in [0.15, 0.2) is 47.0 Å². The van der Waals surface area contributed by atoms with Gasteiger partial charge < -0.3 is 15.0 Å². The molecule has 0 saturated heterocycles. The summed E-state index contributed by atoms with van der Waals surface area (Å²) in [5, 5.41) is 4.04. The van der Waals surface area contributed by atoms with E-state index in [0.717, 1.165) is 16.7 Å². The number of para-hydroxylation sites is 1. The average molecular weight is 281 g/mol. The number of hydrogen-bond acceptors (Lipinski definition) is 5. The molecule has 5 heteroatoms. The first-order valence-corrected chi connectivity index (χ1v) is 6.52. The predicted molar refractivity (Wildman–Crippen MR) is 80.9 cm³/mol. The Kier molecular flexibility index (Phi) is 3.31. The van der Waals surface area contributed by atoms with Gasteiger partial charge in [-0.05, 0) is 42.8 Å². The Morgan fingerprint density at radius 2 is 1.90 bits per heavy atom. The zero-order valence-corrected chi connectivity index (χ0v) is 11.8. The van der Waals surface area contributed by atoms with Crippen LogP contribution in [-0.4, -0.2) is 17.3 Å². The molecule has 106 valence electrons. The Morgan fingerprint density at radius 1 is 1.10 bits per heavy atom. The zero-order chi connectivity index (χ0) is 14.8. The highest BCUT2D eigenvalue weighted by molar-refractivity contribution is 5.67. The summed E-state index contributed by atoms with van der Waals surface area (Å²) in [5.41, 5.74) is 9.12. The summed E-state index contributed by atoms with van der Waals surface area (Å²) in [5.74, 6) is 1.67. The first kappa shape index (κ1) is 13.2. The molecule has 0 bridgehead atoms. The van der Waals surface area contributed by atoms with Crippen molar-refractivity contribution in [2.24, 2.45) is 0 Å². The van der Waals surface area contributed by atoms with Crippen LogP contribution in [-0.2, 0) is 0 Å². The van der Waals surface area contributed by atoms with Crippen LogP contribution in [0.25, 0.3) is 22.8 Å². The number of hydrogen-bond donors (Lipinski definition) is 1. The summed E-state index contributed by atoms with van der Waals surface area (Å²) in [6.07, 6.45) is 0. The first-order chi connectivity index (χ1) is 10.2. The standard InChI is InChI=1S/C16H15N3O2/c1-10-9-11(17)7-8-12(10)16-18-15(19-21-16)13-5-3-4-6-14(13)20-2/h3-9H,17H2,1-2H3. The van der Waals surface area contributed by atoms with Crippen molar-refractivity contribution < 1.29 is 9.26 Å². The highest BCUT2D eigenvalue weighted by Gasteiger charge is 2.15. The van der Waals surface area contributed by atoms with Crippen molar-refractivity contribution in [1.29, 1.82) is 0 Å². The fourth-order valence-corrected chi connectivity index (χ4v) is 2.20. The van der Waals surface area contributed by atoms with Crippen molar-refractivity contribution in [3.8, 4) is 28.6 Å². The summed E-state index contributed by atoms with van der Waals surface area (Å²) in [4.78, 5) is 4.45. The summed E-state index contributed by atoms with van der Waals surface area (Å²) in [6, 6.07) is 13.1. The van der Waals surface area contributed by atoms with E-state index in [2.05, 4.69) is 10.1 Å². The van der Waals surface area contributed by atoms with E-state index in [4.69, 9.17) is 15.0 Å². The van der Waals surface area contributed by atoms with Crippen LogP contribution >= 0.6 is 0 Å². The molecular weight excluding hydrogens is 266 g/mol. The molecule has 0 radical (unpaired) electrons. The molecule has 0 aliphatic heterocycles. The highest BCUT2D eigenvalue weighted by atomic mass is 16.5. The maximum Gasteiger partial charge on any atom is 0.258 e. The normalized spacial score (nSPS) is 10.6. The van der Waals surface area contributed by atoms with Crippen LogP contribution in [0.4, 0.5) is 5.69 Å². The Morgan fingerprint density at radius 3 is 2.67 bits per heavy atom. The van der Waals surface area contributed by atoms with Gasteiger partial charge in [-0.15, -0.1) is 0 Å². The van der Waals surface area contributed by atoms with Crippen molar-refractivity contribution in [2.75, 3.05) is 12.8 Å². The van der Waals surface area contributed by atoms with Crippen LogP contribution in [0.3, 0.4) is 0 Å². The summed E-state index contributed by atoms with van der Waals surface area (Å²) < 4.78 is 10.7. The second kappa shape index (κ2) is 5.28. The molecule has 1 aromatic heterocycles. The fraction of sp³-hybridized carbons (Fsp3) is 0.125. The number of nitrogens with zero attached hydrogens (tertiary/aromatic N) is 2. The van der Waals surface area contributed by atoms with E-state index >= 15 is 0 Å². The molecule has 0 atom stereocenters. The topological polar surface area (TPSA) is 74.2 Å². The van der Waals surface area contributed by atoms with Crippen LogP contribution in [0, 0.1) is 6.92 Å². The van der Waals surface area contributed by atoms with Gasteiger partial charge in [0.05, 0.1) is 12.7 Å². The van der Waals surface area contributed by atoms with Gasteiger partial charge in [0.25, 0.3) is 5.89 Å². The molecule has 0 spiro atoms. The highest BCUT2D eigenvalue weighted by Crippen LogP contribution is 2.30. The minimum atomic E-state index is 0.466. The Labute approximate surface area is 122 Å². The number of aryl methyl sites for hydroxylation is 1. The smallest absolute Gasteiger partial charge is 0.258 e. The van der Waals surface area contributed by atoms with Gasteiger partial charge in [-0.3, -0.25) is 0 Å². The molecule has 0 amide bonds. The minimum absolute atomic E-state index is 0.466. The van der Waals surface area contributed by atoms with Gasteiger partial charge >= 0.3 is 0 Å². The van der Waals surface area contributed by atoms with E-state index in [9.17, 15) is 0 Å². The number of rotatable bonds is 3. The van der Waals surface area contributed by atoms with Gasteiger partial charge in [-0.2, -0.15) is 4.98 Å². The molecule has 0 saturated carbocycles. The summed E-state index contributed by atoms with van der Waals surface area (Å²) >= 11 is 0. The van der Waals surface area contributed by atoms with Crippen molar-refractivity contribution >= 4 is 5.69 Å². The van der Waals surface area contributed by atoms with Gasteiger partial charge in [0.1, 0.15) is 5.75 Å². The third-order valence-corrected chi connectivity index (χ3v) is 3.25. The molecular formula is C16H15N3O2. The second-order valence-corrected chi connectivity index (χ2v) is 4.70. The van der Waals surface area contributed by atoms with Crippen LogP contribution in [0.1, 0.15) is 5.56 Å². The summed E-state index contributed by atoms with van der Waals surface area (Å²) in [7, 11) is 1.62. The van der Waals surface area contributed by atoms with E-state index < -0.39 is 0 Å². The molecule has 21 heavy (non-hydrogen) atoms. The molecule has 3 aromatic rings. The molecule has 0 fully saturated rings. The minimum Gasteiger partial charge on any atom is -0.496 e. The SMILES string of the molecule is COc1ccccc1-c1noc(-c2ccc(N)cc2C)n1. The molecule has 0 aliphatic carbocycles. The lowest BCUT2D eigenvalue weighted by Gasteiger charge is -2.03. The van der Waals surface area contributed by atoms with Gasteiger partial charge in [-0.1, -0.05) is 17.3 Å². The van der Waals surface area contributed by atoms with E-state index in [1.54, 1.807) is 7.11 Å². The molecule has 5 nitrogen and oxygen atoms in total. The lowest BCUT2D eigenvalue weighted by molar-refractivity contribution is 0.413. The lowest BCUT2D eigenvalue weighted by Crippen LogP contribution is -1.90. The number of nitrogen functional groups attached to an aromatic ring is 1. The monoisotopic (exact) mass is 281 g/mol. The van der Waals surface area contributed by atoms with Gasteiger partial charge in [0.2, 0.25) is 5.82 Å². The number of ether oxygens (including phenoxy) is 1. The van der Waals surface area contributed by atoms with Crippen molar-refractivity contribution in [3.63, 3.8) is 0 Å². The van der Waals surface area contributed by atoms with E-state index in [1.807, 2.05) is 49.4 Å². The largest absolute Gasteiger partial charge is 0.496 e. The third kappa shape index (κ3) is 2.45. The molecule has 3 rings (SSSR count). The van der Waals surface area contributed by atoms with Gasteiger partial charge in [0.15, 0.2) is 0 Å². The quantitative estimate of drug-likeness (QED) is 0.745.